The molecule has 0 aliphatic carbocycles. The summed E-state index contributed by atoms with van der Waals surface area (Å²) in [7, 11) is 1.51. The minimum Gasteiger partial charge on any atom is -0.480 e. The second-order valence-electron chi connectivity index (χ2n) is 7.34. The minimum absolute atomic E-state index is 0.0640. The summed E-state index contributed by atoms with van der Waals surface area (Å²) in [4.78, 5) is 31.8. The lowest BCUT2D eigenvalue weighted by Crippen LogP contribution is -2.19. The molecular weight excluding hydrogens is 490 g/mol. The van der Waals surface area contributed by atoms with E-state index in [0.29, 0.717) is 34.6 Å². The standard InChI is InChI=1S/C23H20ClN7O5/c1-12-9-18(28-19-11-20(35-2)31-30-19)29-23(25-12)36-17-8-7-15(10-16(17)24)27-22(34)26-14-5-3-13(4-6-14)21(32)33/h3-11H,1-2H3,(H,32,33)(H2,26,27,34)(H2,25,28,29,30,31). The zero-order chi connectivity index (χ0) is 25.7. The van der Waals surface area contributed by atoms with E-state index < -0.39 is 12.0 Å². The van der Waals surface area contributed by atoms with E-state index in [1.165, 1.54) is 37.4 Å². The number of carboxylic acids is 1. The number of anilines is 4. The van der Waals surface area contributed by atoms with Gasteiger partial charge in [0.05, 0.1) is 17.7 Å². The van der Waals surface area contributed by atoms with E-state index in [9.17, 15) is 9.59 Å². The molecule has 4 rings (SSSR count). The van der Waals surface area contributed by atoms with Gasteiger partial charge in [-0.25, -0.2) is 14.6 Å². The van der Waals surface area contributed by atoms with Gasteiger partial charge in [-0.05, 0) is 49.4 Å². The number of carbonyl (C=O) groups excluding carboxylic acids is 1. The van der Waals surface area contributed by atoms with Crippen molar-refractivity contribution in [2.45, 2.75) is 6.92 Å². The molecule has 2 heterocycles. The Morgan fingerprint density at radius 3 is 2.39 bits per heavy atom. The number of halogens is 1. The number of rotatable bonds is 8. The molecule has 13 heteroatoms. The number of aromatic nitrogens is 4. The number of benzene rings is 2. The third-order valence-electron chi connectivity index (χ3n) is 4.64. The van der Waals surface area contributed by atoms with E-state index in [-0.39, 0.29) is 22.3 Å². The molecule has 184 valence electrons. The van der Waals surface area contributed by atoms with E-state index in [1.807, 2.05) is 0 Å². The number of nitrogens with one attached hydrogen (secondary N) is 4. The molecule has 0 aliphatic heterocycles. The van der Waals surface area contributed by atoms with Crippen LogP contribution in [0.5, 0.6) is 17.6 Å². The van der Waals surface area contributed by atoms with E-state index in [2.05, 4.69) is 36.1 Å². The predicted molar refractivity (Wildman–Crippen MR) is 133 cm³/mol. The summed E-state index contributed by atoms with van der Waals surface area (Å²) >= 11 is 6.35. The fourth-order valence-electron chi connectivity index (χ4n) is 3.01. The lowest BCUT2D eigenvalue weighted by Gasteiger charge is -2.11. The van der Waals surface area contributed by atoms with Crippen LogP contribution < -0.4 is 25.4 Å². The first-order valence-electron chi connectivity index (χ1n) is 10.4. The highest BCUT2D eigenvalue weighted by molar-refractivity contribution is 6.32. The van der Waals surface area contributed by atoms with Gasteiger partial charge in [-0.3, -0.25) is 5.10 Å². The van der Waals surface area contributed by atoms with Crippen LogP contribution in [-0.4, -0.2) is 44.4 Å². The molecule has 36 heavy (non-hydrogen) atoms. The van der Waals surface area contributed by atoms with Crippen molar-refractivity contribution in [2.75, 3.05) is 23.1 Å². The number of carbonyl (C=O) groups is 2. The maximum Gasteiger partial charge on any atom is 0.335 e. The number of aromatic amines is 1. The van der Waals surface area contributed by atoms with Crippen molar-refractivity contribution in [3.63, 3.8) is 0 Å². The van der Waals surface area contributed by atoms with Crippen LogP contribution in [0.25, 0.3) is 0 Å². The minimum atomic E-state index is -1.05. The molecular formula is C23H20ClN7O5. The van der Waals surface area contributed by atoms with Crippen molar-refractivity contribution in [1.29, 1.82) is 0 Å². The van der Waals surface area contributed by atoms with Crippen molar-refractivity contribution in [3.05, 3.63) is 70.9 Å². The first kappa shape index (κ1) is 24.3. The van der Waals surface area contributed by atoms with Crippen LogP contribution >= 0.6 is 11.6 Å². The lowest BCUT2D eigenvalue weighted by molar-refractivity contribution is 0.0697. The number of methoxy groups -OCH3 is 1. The Morgan fingerprint density at radius 2 is 1.72 bits per heavy atom. The maximum absolute atomic E-state index is 12.3. The Kier molecular flexibility index (Phi) is 7.16. The average Bonchev–Trinajstić information content (AvgIpc) is 3.28. The fourth-order valence-corrected chi connectivity index (χ4v) is 3.23. The van der Waals surface area contributed by atoms with Gasteiger partial charge < -0.3 is 30.5 Å². The molecule has 5 N–H and O–H groups in total. The SMILES string of the molecule is COc1cc(Nc2cc(C)nc(Oc3ccc(NC(=O)Nc4ccc(C(=O)O)cc4)cc3Cl)n2)[nH]n1. The summed E-state index contributed by atoms with van der Waals surface area (Å²) in [5.74, 6) is 0.688. The fraction of sp³-hybridized carbons (Fsp3) is 0.0870. The summed E-state index contributed by atoms with van der Waals surface area (Å²) in [6, 6.07) is 13.4. The third kappa shape index (κ3) is 6.18. The van der Waals surface area contributed by atoms with Gasteiger partial charge in [0.15, 0.2) is 0 Å². The number of ether oxygens (including phenoxy) is 2. The van der Waals surface area contributed by atoms with Gasteiger partial charge >= 0.3 is 18.0 Å². The quantitative estimate of drug-likeness (QED) is 0.218. The van der Waals surface area contributed by atoms with E-state index in [1.54, 1.807) is 31.2 Å². The molecule has 0 bridgehead atoms. The van der Waals surface area contributed by atoms with Gasteiger partial charge in [0.1, 0.15) is 17.4 Å². The molecule has 0 unspecified atom stereocenters. The smallest absolute Gasteiger partial charge is 0.335 e. The Balaban J connectivity index is 1.40. The third-order valence-corrected chi connectivity index (χ3v) is 4.94. The van der Waals surface area contributed by atoms with E-state index in [4.69, 9.17) is 26.2 Å². The number of carboxylic acid groups (broad SMARTS) is 1. The Labute approximate surface area is 209 Å². The number of amides is 2. The Hall–Kier alpha value is -4.84. The van der Waals surface area contributed by atoms with Crippen LogP contribution in [0, 0.1) is 6.92 Å². The number of aromatic carboxylic acids is 1. The highest BCUT2D eigenvalue weighted by Gasteiger charge is 2.12. The zero-order valence-corrected chi connectivity index (χ0v) is 19.8. The number of hydrogen-bond acceptors (Lipinski definition) is 8. The van der Waals surface area contributed by atoms with Crippen molar-refractivity contribution in [3.8, 4) is 17.6 Å². The highest BCUT2D eigenvalue weighted by Crippen LogP contribution is 2.31. The number of urea groups is 1. The highest BCUT2D eigenvalue weighted by atomic mass is 35.5. The molecule has 0 saturated heterocycles. The second kappa shape index (κ2) is 10.6. The molecule has 4 aromatic rings. The molecule has 0 aliphatic rings. The molecule has 0 saturated carbocycles. The molecule has 12 nitrogen and oxygen atoms in total. The van der Waals surface area contributed by atoms with Gasteiger partial charge in [-0.15, -0.1) is 5.10 Å². The average molecular weight is 510 g/mol. The van der Waals surface area contributed by atoms with Crippen molar-refractivity contribution < 1.29 is 24.2 Å². The largest absolute Gasteiger partial charge is 0.480 e. The number of aryl methyl sites for hydroxylation is 1. The molecule has 2 amide bonds. The number of hydrogen-bond donors (Lipinski definition) is 5. The first-order valence-corrected chi connectivity index (χ1v) is 10.8. The lowest BCUT2D eigenvalue weighted by atomic mass is 10.2. The van der Waals surface area contributed by atoms with Gasteiger partial charge in [0, 0.05) is 29.2 Å². The summed E-state index contributed by atoms with van der Waals surface area (Å²) in [6.07, 6.45) is 0. The molecule has 0 fully saturated rings. The zero-order valence-electron chi connectivity index (χ0n) is 19.0. The van der Waals surface area contributed by atoms with Gasteiger partial charge in [0.25, 0.3) is 0 Å². The second-order valence-corrected chi connectivity index (χ2v) is 7.74. The van der Waals surface area contributed by atoms with Gasteiger partial charge in [-0.1, -0.05) is 11.6 Å². The molecule has 2 aromatic carbocycles. The van der Waals surface area contributed by atoms with Crippen molar-refractivity contribution in [1.82, 2.24) is 20.2 Å². The van der Waals surface area contributed by atoms with Gasteiger partial charge in [0.2, 0.25) is 5.88 Å². The van der Waals surface area contributed by atoms with Crippen molar-refractivity contribution in [2.24, 2.45) is 0 Å². The van der Waals surface area contributed by atoms with E-state index in [0.717, 1.165) is 0 Å². The summed E-state index contributed by atoms with van der Waals surface area (Å²) in [5, 5.41) is 24.2. The van der Waals surface area contributed by atoms with Crippen molar-refractivity contribution >= 4 is 46.6 Å². The summed E-state index contributed by atoms with van der Waals surface area (Å²) in [6.45, 7) is 1.79. The van der Waals surface area contributed by atoms with Crippen LogP contribution in [0.4, 0.5) is 27.8 Å². The van der Waals surface area contributed by atoms with Crippen LogP contribution in [0.1, 0.15) is 16.1 Å². The molecule has 2 aromatic heterocycles. The van der Waals surface area contributed by atoms with Gasteiger partial charge in [-0.2, -0.15) is 4.98 Å². The normalized spacial score (nSPS) is 10.4. The molecule has 0 spiro atoms. The first-order chi connectivity index (χ1) is 17.3. The van der Waals surface area contributed by atoms with Crippen LogP contribution in [0.2, 0.25) is 5.02 Å². The Bertz CT molecular complexity index is 1410. The molecule has 0 atom stereocenters. The number of H-pyrrole nitrogens is 1. The van der Waals surface area contributed by atoms with E-state index >= 15 is 0 Å². The van der Waals surface area contributed by atoms with Crippen LogP contribution in [-0.2, 0) is 0 Å². The maximum atomic E-state index is 12.3. The summed E-state index contributed by atoms with van der Waals surface area (Å²) < 4.78 is 10.8. The Morgan fingerprint density at radius 1 is 1.00 bits per heavy atom. The topological polar surface area (TPSA) is 163 Å². The molecule has 0 radical (unpaired) electrons. The van der Waals surface area contributed by atoms with Crippen LogP contribution in [0.3, 0.4) is 0 Å². The summed E-state index contributed by atoms with van der Waals surface area (Å²) in [5.41, 5.74) is 1.60. The van der Waals surface area contributed by atoms with Crippen LogP contribution in [0.15, 0.2) is 54.6 Å². The predicted octanol–water partition coefficient (Wildman–Crippen LogP) is 5.05. The monoisotopic (exact) mass is 509 g/mol. The number of nitrogens with zero attached hydrogens (tertiary/aromatic N) is 3.